The summed E-state index contributed by atoms with van der Waals surface area (Å²) in [7, 11) is 0. The molecule has 1 amide bonds. The summed E-state index contributed by atoms with van der Waals surface area (Å²) in [4.78, 5) is 35.6. The zero-order valence-electron chi connectivity index (χ0n) is 23.8. The van der Waals surface area contributed by atoms with E-state index < -0.39 is 17.7 Å². The summed E-state index contributed by atoms with van der Waals surface area (Å²) in [5, 5.41) is 12.3. The third-order valence-electron chi connectivity index (χ3n) is 8.39. The molecular weight excluding hydrogens is 533 g/mol. The number of amides is 1. The highest BCUT2D eigenvalue weighted by Gasteiger charge is 2.30. The van der Waals surface area contributed by atoms with Crippen LogP contribution in [0.15, 0.2) is 60.8 Å². The molecular formula is C33H34FN5O3. The predicted octanol–water partition coefficient (Wildman–Crippen LogP) is 5.72. The number of nitrogens with one attached hydrogen (secondary N) is 1. The minimum atomic E-state index is -0.823. The molecule has 4 aromatic rings. The molecule has 0 unspecified atom stereocenters. The Hall–Kier alpha value is -4.53. The average Bonchev–Trinajstić information content (AvgIpc) is 3.54. The maximum Gasteiger partial charge on any atom is 0.308 e. The lowest BCUT2D eigenvalue weighted by molar-refractivity contribution is -0.140. The van der Waals surface area contributed by atoms with E-state index in [-0.39, 0.29) is 5.91 Å². The average molecular weight is 568 g/mol. The van der Waals surface area contributed by atoms with Gasteiger partial charge in [0.25, 0.3) is 5.91 Å². The largest absolute Gasteiger partial charge is 0.481 e. The Bertz CT molecular complexity index is 1710. The fourth-order valence-corrected chi connectivity index (χ4v) is 5.71. The highest BCUT2D eigenvalue weighted by molar-refractivity contribution is 5.93. The number of fused-ring (bicyclic) bond motifs is 1. The Morgan fingerprint density at radius 3 is 2.64 bits per heavy atom. The first-order chi connectivity index (χ1) is 20.3. The molecule has 1 aliphatic heterocycles. The quantitative estimate of drug-likeness (QED) is 0.268. The fraction of sp³-hybridized carbons (Fsp3) is 0.333. The van der Waals surface area contributed by atoms with Crippen LogP contribution < -0.4 is 10.2 Å². The molecule has 6 rings (SSSR count). The lowest BCUT2D eigenvalue weighted by Crippen LogP contribution is -2.27. The number of carbonyl (C=O) groups excluding carboxylic acids is 1. The van der Waals surface area contributed by atoms with Crippen LogP contribution in [0.4, 0.5) is 10.1 Å². The van der Waals surface area contributed by atoms with Crippen molar-refractivity contribution in [3.63, 3.8) is 0 Å². The number of carbonyl (C=O) groups is 2. The van der Waals surface area contributed by atoms with E-state index in [4.69, 9.17) is 0 Å². The van der Waals surface area contributed by atoms with Crippen molar-refractivity contribution >= 4 is 28.9 Å². The van der Waals surface area contributed by atoms with Gasteiger partial charge in [0, 0.05) is 42.8 Å². The first-order valence-electron chi connectivity index (χ1n) is 14.5. The number of halogens is 1. The van der Waals surface area contributed by atoms with E-state index in [1.165, 1.54) is 22.8 Å². The molecule has 9 heteroatoms. The van der Waals surface area contributed by atoms with Gasteiger partial charge in [0.2, 0.25) is 5.78 Å². The number of carboxylic acids is 1. The van der Waals surface area contributed by atoms with Crippen LogP contribution in [0, 0.1) is 11.7 Å². The van der Waals surface area contributed by atoms with Crippen molar-refractivity contribution in [1.29, 1.82) is 0 Å². The van der Waals surface area contributed by atoms with Gasteiger partial charge < -0.3 is 15.3 Å². The zero-order valence-corrected chi connectivity index (χ0v) is 23.8. The molecule has 1 aliphatic carbocycles. The summed E-state index contributed by atoms with van der Waals surface area (Å²) < 4.78 is 17.2. The number of hydrogen-bond acceptors (Lipinski definition) is 5. The number of imidazole rings is 1. The normalized spacial score (nSPS) is 17.2. The van der Waals surface area contributed by atoms with Gasteiger partial charge in [0.15, 0.2) is 0 Å². The molecule has 2 fully saturated rings. The highest BCUT2D eigenvalue weighted by atomic mass is 19.1. The number of hydrogen-bond donors (Lipinski definition) is 2. The molecule has 8 nitrogen and oxygen atoms in total. The molecule has 1 atom stereocenters. The van der Waals surface area contributed by atoms with E-state index >= 15 is 4.39 Å². The van der Waals surface area contributed by atoms with Crippen molar-refractivity contribution in [1.82, 2.24) is 19.7 Å². The molecule has 42 heavy (non-hydrogen) atoms. The summed E-state index contributed by atoms with van der Waals surface area (Å²) in [6.45, 7) is 5.51. The standard InChI is InChI=1S/C33H34FN5O3/c1-3-20(2)25-7-5-4-6-21(25)12-14-35-31(40)28-17-30(22-8-9-22)39-19-29(37-33(39)36-28)26-11-10-24(16-27(26)34)38-15-13-23(18-38)32(41)42/h3-7,10-11,16-17,19,22-23H,8-9,12-15,18H2,1-2H3,(H,35,40)(H,41,42)/b20-3-/t23-/m0/s1. The monoisotopic (exact) mass is 567 g/mol. The van der Waals surface area contributed by atoms with Crippen molar-refractivity contribution in [3.05, 3.63) is 89.1 Å². The van der Waals surface area contributed by atoms with Gasteiger partial charge >= 0.3 is 5.97 Å². The second-order valence-electron chi connectivity index (χ2n) is 11.2. The SMILES string of the molecule is C/C=C(/C)c1ccccc1CCNC(=O)c1cc(C2CC2)n2cc(-c3ccc(N4CC[C@H](C(=O)O)C4)cc3F)nc2n1. The minimum Gasteiger partial charge on any atom is -0.481 e. The Balaban J connectivity index is 1.22. The lowest BCUT2D eigenvalue weighted by Gasteiger charge is -2.18. The number of anilines is 1. The predicted molar refractivity (Wildman–Crippen MR) is 160 cm³/mol. The third kappa shape index (κ3) is 5.51. The Labute approximate surface area is 243 Å². The Morgan fingerprint density at radius 1 is 1.12 bits per heavy atom. The zero-order chi connectivity index (χ0) is 29.4. The number of aliphatic carboxylic acids is 1. The number of allylic oxidation sites excluding steroid dienone is 2. The van der Waals surface area contributed by atoms with Gasteiger partial charge in [-0.25, -0.2) is 14.4 Å². The number of aromatic nitrogens is 3. The van der Waals surface area contributed by atoms with Crippen molar-refractivity contribution in [3.8, 4) is 11.3 Å². The van der Waals surface area contributed by atoms with E-state index in [0.29, 0.717) is 66.8 Å². The van der Waals surface area contributed by atoms with Crippen LogP contribution >= 0.6 is 0 Å². The van der Waals surface area contributed by atoms with Crippen molar-refractivity contribution in [2.75, 3.05) is 24.5 Å². The molecule has 0 radical (unpaired) electrons. The summed E-state index contributed by atoms with van der Waals surface area (Å²) in [5.41, 5.74) is 6.23. The molecule has 216 valence electrons. The van der Waals surface area contributed by atoms with E-state index in [1.54, 1.807) is 18.3 Å². The summed E-state index contributed by atoms with van der Waals surface area (Å²) in [5.74, 6) is -1.29. The van der Waals surface area contributed by atoms with Crippen LogP contribution in [0.5, 0.6) is 0 Å². The van der Waals surface area contributed by atoms with Gasteiger partial charge in [-0.3, -0.25) is 14.0 Å². The number of rotatable bonds is 9. The minimum absolute atomic E-state index is 0.259. The van der Waals surface area contributed by atoms with Crippen LogP contribution in [0.2, 0.25) is 0 Å². The molecule has 0 spiro atoms. The molecule has 0 bridgehead atoms. The smallest absolute Gasteiger partial charge is 0.308 e. The van der Waals surface area contributed by atoms with E-state index in [2.05, 4.69) is 40.4 Å². The van der Waals surface area contributed by atoms with Crippen LogP contribution in [0.1, 0.15) is 66.3 Å². The fourth-order valence-electron chi connectivity index (χ4n) is 5.71. The Morgan fingerprint density at radius 2 is 1.93 bits per heavy atom. The van der Waals surface area contributed by atoms with Crippen LogP contribution in [0.25, 0.3) is 22.6 Å². The molecule has 2 aromatic heterocycles. The van der Waals surface area contributed by atoms with Gasteiger partial charge in [-0.2, -0.15) is 0 Å². The van der Waals surface area contributed by atoms with E-state index in [1.807, 2.05) is 34.4 Å². The summed E-state index contributed by atoms with van der Waals surface area (Å²) >= 11 is 0. The molecule has 2 aromatic carbocycles. The van der Waals surface area contributed by atoms with Gasteiger partial charge in [-0.15, -0.1) is 0 Å². The van der Waals surface area contributed by atoms with E-state index in [0.717, 1.165) is 18.5 Å². The van der Waals surface area contributed by atoms with Crippen LogP contribution in [-0.2, 0) is 11.2 Å². The summed E-state index contributed by atoms with van der Waals surface area (Å²) in [6.07, 6.45) is 7.14. The molecule has 3 heterocycles. The van der Waals surface area contributed by atoms with Crippen LogP contribution in [-0.4, -0.2) is 51.0 Å². The first-order valence-corrected chi connectivity index (χ1v) is 14.5. The molecule has 1 saturated carbocycles. The summed E-state index contributed by atoms with van der Waals surface area (Å²) in [6, 6.07) is 15.0. The highest BCUT2D eigenvalue weighted by Crippen LogP contribution is 2.41. The first kappa shape index (κ1) is 27.6. The second-order valence-corrected chi connectivity index (χ2v) is 11.2. The second kappa shape index (κ2) is 11.4. The maximum atomic E-state index is 15.4. The van der Waals surface area contributed by atoms with Gasteiger partial charge in [0.1, 0.15) is 11.5 Å². The van der Waals surface area contributed by atoms with Crippen molar-refractivity contribution in [2.24, 2.45) is 5.92 Å². The van der Waals surface area contributed by atoms with Crippen molar-refractivity contribution < 1.29 is 19.1 Å². The molecule has 2 N–H and O–H groups in total. The maximum absolute atomic E-state index is 15.4. The van der Waals surface area contributed by atoms with Gasteiger partial charge in [0.05, 0.1) is 11.6 Å². The molecule has 1 saturated heterocycles. The number of nitrogens with zero attached hydrogens (tertiary/aromatic N) is 4. The van der Waals surface area contributed by atoms with Crippen molar-refractivity contribution in [2.45, 2.75) is 45.4 Å². The molecule has 2 aliphatic rings. The third-order valence-corrected chi connectivity index (χ3v) is 8.39. The van der Waals surface area contributed by atoms with Gasteiger partial charge in [-0.05, 0) is 86.4 Å². The lowest BCUT2D eigenvalue weighted by atomic mass is 9.98. The van der Waals surface area contributed by atoms with Crippen LogP contribution in [0.3, 0.4) is 0 Å². The number of carboxylic acid groups (broad SMARTS) is 1. The van der Waals surface area contributed by atoms with Gasteiger partial charge in [-0.1, -0.05) is 30.3 Å². The number of benzene rings is 2. The van der Waals surface area contributed by atoms with E-state index in [9.17, 15) is 14.7 Å². The topological polar surface area (TPSA) is 99.8 Å². The Kier molecular flexibility index (Phi) is 7.49.